The van der Waals surface area contributed by atoms with Crippen molar-refractivity contribution in [2.45, 2.75) is 69.9 Å². The molecule has 1 atom stereocenters. The second-order valence-corrected chi connectivity index (χ2v) is 9.97. The first-order valence-electron chi connectivity index (χ1n) is 12.2. The number of rotatable bonds is 6. The van der Waals surface area contributed by atoms with Crippen molar-refractivity contribution in [2.75, 3.05) is 13.1 Å². The van der Waals surface area contributed by atoms with Gasteiger partial charge in [0.15, 0.2) is 0 Å². The molecule has 4 rings (SSSR count). The minimum Gasteiger partial charge on any atom is -0.490 e. The number of hydrogen-bond donors (Lipinski definition) is 1. The number of ether oxygens (including phenoxy) is 1. The minimum absolute atomic E-state index is 0.0184. The first-order valence-corrected chi connectivity index (χ1v) is 12.2. The Morgan fingerprint density at radius 3 is 2.36 bits per heavy atom. The number of fused-ring (bicyclic) bond motifs is 1. The molecule has 2 aliphatic rings. The normalized spacial score (nSPS) is 24.1. The molecule has 1 saturated carbocycles. The number of carboxylic acid groups (broad SMARTS) is 1. The number of carboxylic acids is 1. The summed E-state index contributed by atoms with van der Waals surface area (Å²) in [4.78, 5) is 13.2. The predicted octanol–water partition coefficient (Wildman–Crippen LogP) is 7.05. The van der Waals surface area contributed by atoms with Crippen LogP contribution >= 0.6 is 0 Å². The molecule has 0 unspecified atom stereocenters. The van der Waals surface area contributed by atoms with Crippen molar-refractivity contribution >= 4 is 16.7 Å². The molecule has 2 fully saturated rings. The smallest absolute Gasteiger partial charge is 0.420 e. The van der Waals surface area contributed by atoms with Gasteiger partial charge in [0.2, 0.25) is 0 Å². The standard InChI is InChI=1S/C26H29F6NO3/c27-25(28,29)19-5-7-20(8-6-19)36-22-10-4-18-12-17(3-9-21(18)24(22)26(30,31)32)15-33-11-1-2-16(14-33)13-23(34)35/h3-4,9-10,12,16,19-20H,1-2,5-8,11,13-15H2,(H,34,35)/t16-,19-,20+/m1/s1. The van der Waals surface area contributed by atoms with Gasteiger partial charge in [-0.3, -0.25) is 9.69 Å². The quantitative estimate of drug-likeness (QED) is 0.418. The molecule has 1 heterocycles. The van der Waals surface area contributed by atoms with Crippen LogP contribution in [-0.4, -0.2) is 41.3 Å². The fourth-order valence-corrected chi connectivity index (χ4v) is 5.50. The number of likely N-dealkylation sites (tertiary alicyclic amines) is 1. The van der Waals surface area contributed by atoms with Crippen LogP contribution < -0.4 is 4.74 Å². The molecule has 0 bridgehead atoms. The lowest BCUT2D eigenvalue weighted by molar-refractivity contribution is -0.185. The van der Waals surface area contributed by atoms with Crippen LogP contribution in [0.25, 0.3) is 10.8 Å². The maximum atomic E-state index is 14.1. The Labute approximate surface area is 205 Å². The van der Waals surface area contributed by atoms with Crippen molar-refractivity contribution in [3.8, 4) is 5.75 Å². The van der Waals surface area contributed by atoms with Gasteiger partial charge in [0.1, 0.15) is 11.3 Å². The molecule has 0 radical (unpaired) electrons. The van der Waals surface area contributed by atoms with Crippen molar-refractivity contribution in [1.29, 1.82) is 0 Å². The first-order chi connectivity index (χ1) is 16.9. The maximum Gasteiger partial charge on any atom is 0.420 e. The van der Waals surface area contributed by atoms with Crippen molar-refractivity contribution in [3.05, 3.63) is 41.5 Å². The molecule has 1 saturated heterocycles. The lowest BCUT2D eigenvalue weighted by atomic mass is 9.87. The number of hydrogen-bond acceptors (Lipinski definition) is 3. The molecule has 198 valence electrons. The summed E-state index contributed by atoms with van der Waals surface area (Å²) >= 11 is 0. The van der Waals surface area contributed by atoms with Gasteiger partial charge in [-0.15, -0.1) is 0 Å². The molecule has 0 spiro atoms. The summed E-state index contributed by atoms with van der Waals surface area (Å²) in [5, 5.41) is 9.43. The van der Waals surface area contributed by atoms with E-state index in [0.717, 1.165) is 24.9 Å². The van der Waals surface area contributed by atoms with Crippen LogP contribution in [0.4, 0.5) is 26.3 Å². The molecule has 1 N–H and O–H groups in total. The Balaban J connectivity index is 1.51. The second kappa shape index (κ2) is 10.5. The average molecular weight is 518 g/mol. The molecule has 1 aliphatic heterocycles. The number of carbonyl (C=O) groups is 1. The Morgan fingerprint density at radius 2 is 1.72 bits per heavy atom. The van der Waals surface area contributed by atoms with Gasteiger partial charge in [-0.25, -0.2) is 0 Å². The van der Waals surface area contributed by atoms with E-state index in [2.05, 4.69) is 4.90 Å². The summed E-state index contributed by atoms with van der Waals surface area (Å²) in [7, 11) is 0. The van der Waals surface area contributed by atoms with E-state index in [1.807, 2.05) is 0 Å². The maximum absolute atomic E-state index is 14.1. The fraction of sp³-hybridized carbons (Fsp3) is 0.577. The van der Waals surface area contributed by atoms with Gasteiger partial charge in [-0.05, 0) is 79.5 Å². The molecule has 1 aliphatic carbocycles. The zero-order chi connectivity index (χ0) is 26.1. The minimum atomic E-state index is -4.70. The summed E-state index contributed by atoms with van der Waals surface area (Å²) < 4.78 is 86.7. The van der Waals surface area contributed by atoms with Gasteiger partial charge in [0, 0.05) is 19.5 Å². The van der Waals surface area contributed by atoms with Gasteiger partial charge in [0.25, 0.3) is 0 Å². The van der Waals surface area contributed by atoms with Crippen LogP contribution in [0.15, 0.2) is 30.3 Å². The van der Waals surface area contributed by atoms with Gasteiger partial charge in [-0.2, -0.15) is 26.3 Å². The van der Waals surface area contributed by atoms with Crippen LogP contribution in [0.1, 0.15) is 56.1 Å². The first kappa shape index (κ1) is 26.6. The highest BCUT2D eigenvalue weighted by Crippen LogP contribution is 2.44. The van der Waals surface area contributed by atoms with E-state index in [9.17, 15) is 31.1 Å². The van der Waals surface area contributed by atoms with Crippen LogP contribution in [0.5, 0.6) is 5.75 Å². The van der Waals surface area contributed by atoms with Crippen LogP contribution in [0, 0.1) is 11.8 Å². The Bertz CT molecular complexity index is 1080. The van der Waals surface area contributed by atoms with Gasteiger partial charge < -0.3 is 9.84 Å². The van der Waals surface area contributed by atoms with Crippen LogP contribution in [0.3, 0.4) is 0 Å². The van der Waals surface area contributed by atoms with E-state index in [-0.39, 0.29) is 49.2 Å². The number of aliphatic carboxylic acids is 1. The second-order valence-electron chi connectivity index (χ2n) is 9.97. The summed E-state index contributed by atoms with van der Waals surface area (Å²) in [5.41, 5.74) is -0.0882. The van der Waals surface area contributed by atoms with Gasteiger partial charge in [-0.1, -0.05) is 18.2 Å². The molecule has 2 aromatic carbocycles. The number of alkyl halides is 6. The summed E-state index contributed by atoms with van der Waals surface area (Å²) in [6.45, 7) is 1.93. The fourth-order valence-electron chi connectivity index (χ4n) is 5.50. The SMILES string of the molecule is O=C(O)C[C@H]1CCCN(Cc2ccc3c(C(F)(F)F)c(O[C@H]4CC[C@@H](C(F)(F)F)CC4)ccc3c2)C1. The highest BCUT2D eigenvalue weighted by molar-refractivity contribution is 5.89. The lowest BCUT2D eigenvalue weighted by Gasteiger charge is -2.32. The largest absolute Gasteiger partial charge is 0.490 e. The number of piperidine rings is 1. The average Bonchev–Trinajstić information content (AvgIpc) is 2.78. The van der Waals surface area contributed by atoms with E-state index in [4.69, 9.17) is 9.84 Å². The van der Waals surface area contributed by atoms with E-state index in [0.29, 0.717) is 18.5 Å². The lowest BCUT2D eigenvalue weighted by Crippen LogP contribution is -2.35. The Kier molecular flexibility index (Phi) is 7.73. The Hall–Kier alpha value is -2.49. The molecule has 0 aromatic heterocycles. The molecule has 36 heavy (non-hydrogen) atoms. The summed E-state index contributed by atoms with van der Waals surface area (Å²) in [6.07, 6.45) is -8.08. The third-order valence-electron chi connectivity index (χ3n) is 7.23. The summed E-state index contributed by atoms with van der Waals surface area (Å²) in [5.74, 6) is -2.57. The zero-order valence-electron chi connectivity index (χ0n) is 19.7. The zero-order valence-corrected chi connectivity index (χ0v) is 19.7. The monoisotopic (exact) mass is 517 g/mol. The molecular formula is C26H29F6NO3. The molecule has 0 amide bonds. The molecule has 10 heteroatoms. The van der Waals surface area contributed by atoms with E-state index in [1.165, 1.54) is 12.1 Å². The highest BCUT2D eigenvalue weighted by Gasteiger charge is 2.42. The Morgan fingerprint density at radius 1 is 1.00 bits per heavy atom. The highest BCUT2D eigenvalue weighted by atomic mass is 19.4. The van der Waals surface area contributed by atoms with Crippen LogP contribution in [-0.2, 0) is 17.5 Å². The molecule has 2 aromatic rings. The molecule has 4 nitrogen and oxygen atoms in total. The van der Waals surface area contributed by atoms with Crippen molar-refractivity contribution in [1.82, 2.24) is 4.90 Å². The number of halogens is 6. The molecular weight excluding hydrogens is 488 g/mol. The van der Waals surface area contributed by atoms with Crippen molar-refractivity contribution < 1.29 is 41.0 Å². The predicted molar refractivity (Wildman–Crippen MR) is 122 cm³/mol. The van der Waals surface area contributed by atoms with E-state index >= 15 is 0 Å². The van der Waals surface area contributed by atoms with Gasteiger partial charge in [0.05, 0.1) is 12.0 Å². The number of nitrogens with zero attached hydrogens (tertiary/aromatic N) is 1. The summed E-state index contributed by atoms with van der Waals surface area (Å²) in [6, 6.07) is 7.56. The van der Waals surface area contributed by atoms with Crippen molar-refractivity contribution in [3.63, 3.8) is 0 Å². The number of benzene rings is 2. The van der Waals surface area contributed by atoms with Crippen molar-refractivity contribution in [2.24, 2.45) is 11.8 Å². The third-order valence-corrected chi connectivity index (χ3v) is 7.23. The topological polar surface area (TPSA) is 49.8 Å². The van der Waals surface area contributed by atoms with E-state index in [1.54, 1.807) is 18.2 Å². The third kappa shape index (κ3) is 6.44. The van der Waals surface area contributed by atoms with Gasteiger partial charge >= 0.3 is 18.3 Å². The van der Waals surface area contributed by atoms with E-state index < -0.39 is 35.9 Å². The van der Waals surface area contributed by atoms with Crippen LogP contribution in [0.2, 0.25) is 0 Å².